The van der Waals surface area contributed by atoms with Crippen molar-refractivity contribution in [1.82, 2.24) is 0 Å². The van der Waals surface area contributed by atoms with Crippen LogP contribution in [0.2, 0.25) is 0 Å². The molecule has 1 aromatic carbocycles. The Balaban J connectivity index is 2.63. The average Bonchev–Trinajstić information content (AvgIpc) is 2.23. The van der Waals surface area contributed by atoms with Gasteiger partial charge in [0.1, 0.15) is 9.84 Å². The Morgan fingerprint density at radius 2 is 2.05 bits per heavy atom. The Hall–Kier alpha value is -0.920. The van der Waals surface area contributed by atoms with Crippen LogP contribution in [0, 0.1) is 6.92 Å². The lowest BCUT2D eigenvalue weighted by molar-refractivity contribution is -0.117. The molecule has 0 aromatic heterocycles. The normalized spacial score (nSPS) is 13.1. The molecule has 0 bridgehead atoms. The molecule has 1 aromatic rings. The summed E-state index contributed by atoms with van der Waals surface area (Å²) in [7, 11) is -3.11. The van der Waals surface area contributed by atoms with E-state index < -0.39 is 15.9 Å². The van der Waals surface area contributed by atoms with Crippen LogP contribution in [0.4, 0.5) is 5.69 Å². The van der Waals surface area contributed by atoms with Crippen LogP contribution in [-0.4, -0.2) is 32.4 Å². The predicted octanol–water partition coefficient (Wildman–Crippen LogP) is 1.46. The summed E-state index contributed by atoms with van der Waals surface area (Å²) in [5.74, 6) is -0.486. The summed E-state index contributed by atoms with van der Waals surface area (Å²) in [5.41, 5.74) is 7.29. The summed E-state index contributed by atoms with van der Waals surface area (Å²) in [6.07, 6.45) is 1.23. The van der Waals surface area contributed by atoms with Crippen molar-refractivity contribution in [3.8, 4) is 0 Å². The van der Waals surface area contributed by atoms with Crippen LogP contribution in [0.5, 0.6) is 0 Å². The Morgan fingerprint density at radius 1 is 1.42 bits per heavy atom. The molecule has 0 saturated carbocycles. The van der Waals surface area contributed by atoms with E-state index in [0.717, 1.165) is 16.3 Å². The van der Waals surface area contributed by atoms with E-state index >= 15 is 0 Å². The maximum Gasteiger partial charge on any atom is 0.241 e. The third kappa shape index (κ3) is 6.17. The molecule has 3 N–H and O–H groups in total. The number of sulfone groups is 1. The summed E-state index contributed by atoms with van der Waals surface area (Å²) < 4.78 is 22.9. The molecule has 1 unspecified atom stereocenters. The quantitative estimate of drug-likeness (QED) is 0.842. The van der Waals surface area contributed by atoms with Crippen molar-refractivity contribution in [1.29, 1.82) is 0 Å². The number of carbonyl (C=O) groups is 1. The summed E-state index contributed by atoms with van der Waals surface area (Å²) in [4.78, 5) is 11.8. The van der Waals surface area contributed by atoms with Crippen molar-refractivity contribution in [3.63, 3.8) is 0 Å². The predicted molar refractivity (Wildman–Crippen MR) is 79.8 cm³/mol. The lowest BCUT2D eigenvalue weighted by Crippen LogP contribution is -2.37. The third-order valence-corrected chi connectivity index (χ3v) is 3.88. The molecule has 1 atom stereocenters. The van der Waals surface area contributed by atoms with E-state index in [-0.39, 0.29) is 18.1 Å². The second-order valence-electron chi connectivity index (χ2n) is 4.53. The second-order valence-corrected chi connectivity index (χ2v) is 7.71. The van der Waals surface area contributed by atoms with Gasteiger partial charge >= 0.3 is 0 Å². The highest BCUT2D eigenvalue weighted by atomic mass is 79.9. The van der Waals surface area contributed by atoms with Crippen molar-refractivity contribution in [2.75, 3.05) is 17.3 Å². The first-order valence-corrected chi connectivity index (χ1v) is 8.54. The van der Waals surface area contributed by atoms with Gasteiger partial charge in [-0.1, -0.05) is 15.9 Å². The molecule has 0 spiro atoms. The van der Waals surface area contributed by atoms with Crippen LogP contribution in [0.15, 0.2) is 22.7 Å². The van der Waals surface area contributed by atoms with E-state index in [1.807, 2.05) is 19.1 Å². The van der Waals surface area contributed by atoms with Gasteiger partial charge in [0.05, 0.1) is 11.8 Å². The number of nitrogens with two attached hydrogens (primary N) is 1. The molecule has 7 heteroatoms. The number of hydrogen-bond acceptors (Lipinski definition) is 4. The van der Waals surface area contributed by atoms with E-state index in [0.29, 0.717) is 5.69 Å². The van der Waals surface area contributed by atoms with Gasteiger partial charge in [0.25, 0.3) is 0 Å². The first-order chi connectivity index (χ1) is 8.67. The molecule has 0 aliphatic rings. The third-order valence-electron chi connectivity index (χ3n) is 2.45. The number of anilines is 1. The Labute approximate surface area is 121 Å². The van der Waals surface area contributed by atoms with Crippen molar-refractivity contribution in [2.24, 2.45) is 5.73 Å². The van der Waals surface area contributed by atoms with Gasteiger partial charge in [-0.3, -0.25) is 4.79 Å². The van der Waals surface area contributed by atoms with Gasteiger partial charge in [-0.05, 0) is 37.1 Å². The fraction of sp³-hybridized carbons (Fsp3) is 0.417. The molecule has 106 valence electrons. The zero-order valence-electron chi connectivity index (χ0n) is 10.8. The number of hydrogen-bond donors (Lipinski definition) is 2. The number of aryl methyl sites for hydroxylation is 1. The topological polar surface area (TPSA) is 89.3 Å². The molecule has 0 radical (unpaired) electrons. The van der Waals surface area contributed by atoms with Crippen molar-refractivity contribution >= 4 is 37.4 Å². The van der Waals surface area contributed by atoms with Gasteiger partial charge in [-0.15, -0.1) is 0 Å². The van der Waals surface area contributed by atoms with Crippen LogP contribution in [0.3, 0.4) is 0 Å². The SMILES string of the molecule is Cc1cc(Br)cc(NC(=O)C(N)CCS(C)(=O)=O)c1. The number of benzene rings is 1. The van der Waals surface area contributed by atoms with E-state index in [1.165, 1.54) is 0 Å². The van der Waals surface area contributed by atoms with Gasteiger partial charge in [-0.25, -0.2) is 8.42 Å². The first-order valence-electron chi connectivity index (χ1n) is 5.69. The van der Waals surface area contributed by atoms with Crippen LogP contribution in [-0.2, 0) is 14.6 Å². The Bertz CT molecular complexity index is 552. The lowest BCUT2D eigenvalue weighted by Gasteiger charge is -2.12. The van der Waals surface area contributed by atoms with Crippen LogP contribution < -0.4 is 11.1 Å². The Kier molecular flexibility index (Phi) is 5.51. The van der Waals surface area contributed by atoms with Gasteiger partial charge < -0.3 is 11.1 Å². The van der Waals surface area contributed by atoms with Crippen molar-refractivity contribution in [3.05, 3.63) is 28.2 Å². The van der Waals surface area contributed by atoms with Gasteiger partial charge in [0.15, 0.2) is 0 Å². The summed E-state index contributed by atoms with van der Waals surface area (Å²) >= 11 is 3.33. The highest BCUT2D eigenvalue weighted by Crippen LogP contribution is 2.19. The number of rotatable bonds is 5. The number of amides is 1. The van der Waals surface area contributed by atoms with Crippen LogP contribution >= 0.6 is 15.9 Å². The largest absolute Gasteiger partial charge is 0.325 e. The van der Waals surface area contributed by atoms with E-state index in [4.69, 9.17) is 5.73 Å². The molecule has 5 nitrogen and oxygen atoms in total. The number of halogens is 1. The minimum atomic E-state index is -3.11. The fourth-order valence-electron chi connectivity index (χ4n) is 1.52. The van der Waals surface area contributed by atoms with Gasteiger partial charge in [0.2, 0.25) is 5.91 Å². The van der Waals surface area contributed by atoms with Gasteiger partial charge in [-0.2, -0.15) is 0 Å². The van der Waals surface area contributed by atoms with Crippen molar-refractivity contribution in [2.45, 2.75) is 19.4 Å². The molecular weight excluding hydrogens is 332 g/mol. The maximum absolute atomic E-state index is 11.8. The second kappa shape index (κ2) is 6.49. The van der Waals surface area contributed by atoms with Crippen molar-refractivity contribution < 1.29 is 13.2 Å². The summed E-state index contributed by atoms with van der Waals surface area (Å²) in [6, 6.07) is 4.65. The first kappa shape index (κ1) is 16.1. The van der Waals surface area contributed by atoms with E-state index in [2.05, 4.69) is 21.2 Å². The summed E-state index contributed by atoms with van der Waals surface area (Å²) in [6.45, 7) is 1.91. The Morgan fingerprint density at radius 3 is 2.58 bits per heavy atom. The molecule has 0 aliphatic carbocycles. The monoisotopic (exact) mass is 348 g/mol. The van der Waals surface area contributed by atoms with Crippen LogP contribution in [0.1, 0.15) is 12.0 Å². The minimum Gasteiger partial charge on any atom is -0.325 e. The van der Waals surface area contributed by atoms with Gasteiger partial charge in [0, 0.05) is 16.4 Å². The molecule has 0 saturated heterocycles. The highest BCUT2D eigenvalue weighted by molar-refractivity contribution is 9.10. The molecule has 19 heavy (non-hydrogen) atoms. The minimum absolute atomic E-state index is 0.0981. The highest BCUT2D eigenvalue weighted by Gasteiger charge is 2.16. The standard InChI is InChI=1S/C12H17BrN2O3S/c1-8-5-9(13)7-10(6-8)15-12(16)11(14)3-4-19(2,17)18/h5-7,11H,3-4,14H2,1-2H3,(H,15,16). The maximum atomic E-state index is 11.8. The lowest BCUT2D eigenvalue weighted by atomic mass is 10.2. The molecular formula is C12H17BrN2O3S. The molecule has 1 amide bonds. The zero-order valence-corrected chi connectivity index (χ0v) is 13.2. The van der Waals surface area contributed by atoms with E-state index in [1.54, 1.807) is 6.07 Å². The smallest absolute Gasteiger partial charge is 0.241 e. The fourth-order valence-corrected chi connectivity index (χ4v) is 2.81. The molecule has 0 fully saturated rings. The summed E-state index contributed by atoms with van der Waals surface area (Å²) in [5, 5.41) is 2.67. The number of nitrogens with one attached hydrogen (secondary N) is 1. The zero-order chi connectivity index (χ0) is 14.6. The van der Waals surface area contributed by atoms with E-state index in [9.17, 15) is 13.2 Å². The molecule has 0 heterocycles. The van der Waals surface area contributed by atoms with Crippen LogP contribution in [0.25, 0.3) is 0 Å². The molecule has 0 aliphatic heterocycles. The molecule has 1 rings (SSSR count). The average molecular weight is 349 g/mol. The number of carbonyl (C=O) groups excluding carboxylic acids is 1.